The van der Waals surface area contributed by atoms with Gasteiger partial charge in [-0.15, -0.1) is 10.2 Å². The number of halogens is 3. The molecule has 19 heavy (non-hydrogen) atoms. The molecule has 1 aromatic heterocycles. The summed E-state index contributed by atoms with van der Waals surface area (Å²) in [5.41, 5.74) is 0. The van der Waals surface area contributed by atoms with Crippen LogP contribution in [0.25, 0.3) is 0 Å². The highest BCUT2D eigenvalue weighted by molar-refractivity contribution is 7.15. The number of hydrogen-bond acceptors (Lipinski definition) is 5. The minimum Gasteiger partial charge on any atom is -0.359 e. The van der Waals surface area contributed by atoms with Crippen molar-refractivity contribution in [1.29, 1.82) is 0 Å². The fourth-order valence-corrected chi connectivity index (χ4v) is 3.47. The van der Waals surface area contributed by atoms with E-state index in [0.717, 1.165) is 30.7 Å². The van der Waals surface area contributed by atoms with Crippen molar-refractivity contribution in [3.05, 3.63) is 5.01 Å². The molecule has 4 unspecified atom stereocenters. The van der Waals surface area contributed by atoms with Gasteiger partial charge < -0.3 is 10.6 Å². The molecule has 0 bridgehead atoms. The molecule has 1 saturated carbocycles. The van der Waals surface area contributed by atoms with E-state index >= 15 is 0 Å². The molecule has 2 aliphatic rings. The van der Waals surface area contributed by atoms with Crippen LogP contribution >= 0.6 is 11.3 Å². The van der Waals surface area contributed by atoms with Gasteiger partial charge in [0.1, 0.15) is 0 Å². The van der Waals surface area contributed by atoms with Crippen LogP contribution in [0.1, 0.15) is 18.4 Å². The van der Waals surface area contributed by atoms with Crippen LogP contribution in [0.2, 0.25) is 0 Å². The molecule has 0 radical (unpaired) electrons. The quantitative estimate of drug-likeness (QED) is 0.897. The van der Waals surface area contributed by atoms with Crippen molar-refractivity contribution in [1.82, 2.24) is 15.5 Å². The zero-order valence-corrected chi connectivity index (χ0v) is 11.2. The molecule has 1 saturated heterocycles. The molecular weight excluding hydrogens is 277 g/mol. The molecule has 0 spiro atoms. The molecule has 3 rings (SSSR count). The first-order chi connectivity index (χ1) is 8.95. The van der Waals surface area contributed by atoms with Crippen LogP contribution in [0, 0.1) is 17.8 Å². The Hall–Kier alpha value is -0.890. The Labute approximate surface area is 112 Å². The lowest BCUT2D eigenvalue weighted by Crippen LogP contribution is -2.40. The van der Waals surface area contributed by atoms with Gasteiger partial charge in [-0.2, -0.15) is 13.2 Å². The van der Waals surface area contributed by atoms with Gasteiger partial charge in [0.25, 0.3) is 0 Å². The Morgan fingerprint density at radius 2 is 2.16 bits per heavy atom. The molecule has 1 aromatic rings. The standard InChI is InChI=1S/C11H15F3N4S/c1-5-7-2-6(15-4-8(5)7)3-16-10-18-17-9(19-10)11(12,13)14/h5-8,15H,2-4H2,1H3,(H,16,18). The van der Waals surface area contributed by atoms with Crippen LogP contribution in [-0.4, -0.2) is 29.3 Å². The Morgan fingerprint density at radius 3 is 2.79 bits per heavy atom. The smallest absolute Gasteiger partial charge is 0.359 e. The molecule has 8 heteroatoms. The monoisotopic (exact) mass is 292 g/mol. The van der Waals surface area contributed by atoms with Crippen LogP contribution in [0.15, 0.2) is 0 Å². The highest BCUT2D eigenvalue weighted by Gasteiger charge is 2.49. The molecule has 0 aromatic carbocycles. The maximum absolute atomic E-state index is 12.4. The third kappa shape index (κ3) is 2.69. The number of aromatic nitrogens is 2. The third-order valence-corrected chi connectivity index (χ3v) is 5.05. The van der Waals surface area contributed by atoms with E-state index in [-0.39, 0.29) is 5.13 Å². The molecule has 1 aliphatic carbocycles. The highest BCUT2D eigenvalue weighted by atomic mass is 32.1. The predicted molar refractivity (Wildman–Crippen MR) is 66.0 cm³/mol. The Morgan fingerprint density at radius 1 is 1.37 bits per heavy atom. The molecule has 1 aliphatic heterocycles. The maximum Gasteiger partial charge on any atom is 0.445 e. The molecular formula is C11H15F3N4S. The Kier molecular flexibility index (Phi) is 3.17. The largest absolute Gasteiger partial charge is 0.445 e. The van der Waals surface area contributed by atoms with Gasteiger partial charge >= 0.3 is 6.18 Å². The van der Waals surface area contributed by atoms with Crippen molar-refractivity contribution in [2.75, 3.05) is 18.4 Å². The number of nitrogens with one attached hydrogen (secondary N) is 2. The Bertz CT molecular complexity index is 461. The number of anilines is 1. The number of hydrogen-bond donors (Lipinski definition) is 2. The van der Waals surface area contributed by atoms with E-state index in [4.69, 9.17) is 0 Å². The van der Waals surface area contributed by atoms with Gasteiger partial charge in [0.15, 0.2) is 0 Å². The van der Waals surface area contributed by atoms with Crippen molar-refractivity contribution in [2.24, 2.45) is 17.8 Å². The van der Waals surface area contributed by atoms with Crippen molar-refractivity contribution < 1.29 is 13.2 Å². The summed E-state index contributed by atoms with van der Waals surface area (Å²) in [6.45, 7) is 3.87. The number of piperidine rings is 1. The Balaban J connectivity index is 1.51. The molecule has 4 nitrogen and oxygen atoms in total. The first-order valence-corrected chi connectivity index (χ1v) is 7.15. The lowest BCUT2D eigenvalue weighted by molar-refractivity contribution is -0.138. The number of alkyl halides is 3. The molecule has 106 valence electrons. The van der Waals surface area contributed by atoms with Crippen molar-refractivity contribution in [2.45, 2.75) is 25.6 Å². The van der Waals surface area contributed by atoms with Crippen molar-refractivity contribution in [3.8, 4) is 0 Å². The van der Waals surface area contributed by atoms with E-state index in [1.165, 1.54) is 0 Å². The third-order valence-electron chi connectivity index (χ3n) is 4.13. The summed E-state index contributed by atoms with van der Waals surface area (Å²) in [6, 6.07) is 0.310. The SMILES string of the molecule is CC1C2CNC(CNc3nnc(C(F)(F)F)s3)CC12. The van der Waals surface area contributed by atoms with Crippen LogP contribution in [0.4, 0.5) is 18.3 Å². The van der Waals surface area contributed by atoms with E-state index in [1.807, 2.05) is 0 Å². The number of nitrogens with zero attached hydrogens (tertiary/aromatic N) is 2. The molecule has 2 heterocycles. The van der Waals surface area contributed by atoms with Gasteiger partial charge in [-0.1, -0.05) is 18.3 Å². The normalized spacial score (nSPS) is 33.9. The van der Waals surface area contributed by atoms with Gasteiger partial charge in [0, 0.05) is 12.6 Å². The first-order valence-electron chi connectivity index (χ1n) is 6.33. The lowest BCUT2D eigenvalue weighted by atomic mass is 10.0. The van der Waals surface area contributed by atoms with E-state index < -0.39 is 11.2 Å². The van der Waals surface area contributed by atoms with Gasteiger partial charge in [0.05, 0.1) is 0 Å². The number of fused-ring (bicyclic) bond motifs is 1. The van der Waals surface area contributed by atoms with Crippen LogP contribution in [0.5, 0.6) is 0 Å². The van der Waals surface area contributed by atoms with Gasteiger partial charge in [0.2, 0.25) is 10.1 Å². The number of rotatable bonds is 3. The zero-order valence-electron chi connectivity index (χ0n) is 10.4. The molecule has 2 N–H and O–H groups in total. The summed E-state index contributed by atoms with van der Waals surface area (Å²) in [5.74, 6) is 2.37. The first kappa shape index (κ1) is 13.1. The average molecular weight is 292 g/mol. The topological polar surface area (TPSA) is 49.8 Å². The van der Waals surface area contributed by atoms with E-state index in [0.29, 0.717) is 23.9 Å². The summed E-state index contributed by atoms with van der Waals surface area (Å²) in [6.07, 6.45) is -3.32. The lowest BCUT2D eigenvalue weighted by Gasteiger charge is -2.22. The summed E-state index contributed by atoms with van der Waals surface area (Å²) < 4.78 is 37.1. The second kappa shape index (κ2) is 4.59. The predicted octanol–water partition coefficient (Wildman–Crippen LogP) is 2.21. The minimum atomic E-state index is -4.41. The summed E-state index contributed by atoms with van der Waals surface area (Å²) >= 11 is 0.554. The fraction of sp³-hybridized carbons (Fsp3) is 0.818. The minimum absolute atomic E-state index is 0.236. The van der Waals surface area contributed by atoms with Crippen molar-refractivity contribution in [3.63, 3.8) is 0 Å². The second-order valence-corrected chi connectivity index (χ2v) is 6.30. The van der Waals surface area contributed by atoms with Gasteiger partial charge in [-0.05, 0) is 30.7 Å². The van der Waals surface area contributed by atoms with Crippen LogP contribution in [-0.2, 0) is 6.18 Å². The van der Waals surface area contributed by atoms with Gasteiger partial charge in [-0.25, -0.2) is 0 Å². The maximum atomic E-state index is 12.4. The molecule has 4 atom stereocenters. The van der Waals surface area contributed by atoms with Crippen LogP contribution < -0.4 is 10.6 Å². The fourth-order valence-electron chi connectivity index (χ4n) is 2.85. The van der Waals surface area contributed by atoms with Crippen LogP contribution in [0.3, 0.4) is 0 Å². The summed E-state index contributed by atoms with van der Waals surface area (Å²) in [5, 5.41) is 12.4. The molecule has 2 fully saturated rings. The molecule has 0 amide bonds. The highest BCUT2D eigenvalue weighted by Crippen LogP contribution is 2.50. The van der Waals surface area contributed by atoms with Crippen molar-refractivity contribution >= 4 is 16.5 Å². The van der Waals surface area contributed by atoms with Gasteiger partial charge in [-0.3, -0.25) is 0 Å². The average Bonchev–Trinajstić information content (AvgIpc) is 2.78. The zero-order chi connectivity index (χ0) is 13.6. The van der Waals surface area contributed by atoms with E-state index in [2.05, 4.69) is 27.8 Å². The summed E-state index contributed by atoms with van der Waals surface area (Å²) in [4.78, 5) is 0. The second-order valence-electron chi connectivity index (χ2n) is 5.32. The van der Waals surface area contributed by atoms with E-state index in [1.54, 1.807) is 0 Å². The summed E-state index contributed by atoms with van der Waals surface area (Å²) in [7, 11) is 0. The van der Waals surface area contributed by atoms with E-state index in [9.17, 15) is 13.2 Å².